The summed E-state index contributed by atoms with van der Waals surface area (Å²) in [4.78, 5) is 20.3. The van der Waals surface area contributed by atoms with Gasteiger partial charge >= 0.3 is 6.18 Å². The molecule has 0 bridgehead atoms. The number of carbonyl (C=O) groups excluding carboxylic acids is 1. The smallest absolute Gasteiger partial charge is 0.422 e. The van der Waals surface area contributed by atoms with Crippen molar-refractivity contribution in [1.29, 1.82) is 0 Å². The zero-order valence-electron chi connectivity index (χ0n) is 15.6. The first-order chi connectivity index (χ1) is 13.2. The summed E-state index contributed by atoms with van der Waals surface area (Å²) < 4.78 is 70.2. The third-order valence-electron chi connectivity index (χ3n) is 3.48. The largest absolute Gasteiger partial charge is 0.485 e. The number of nitrogens with one attached hydrogen (secondary N) is 1. The standard InChI is InChI=1S/C15H16BF3N4O5S/c1-8-21-13(23-28-8)14(2,7-29(3,25)26)22-12(24)10-4-11(9(16)5-20-10)27-6-15(17,18)19/h4-5H,6-7H2,1-3H3,(H,22,24). The number of pyridine rings is 1. The average molecular weight is 432 g/mol. The van der Waals surface area contributed by atoms with Crippen LogP contribution in [-0.2, 0) is 15.4 Å². The van der Waals surface area contributed by atoms with E-state index in [0.717, 1.165) is 18.5 Å². The Morgan fingerprint density at radius 3 is 2.55 bits per heavy atom. The van der Waals surface area contributed by atoms with E-state index < -0.39 is 45.6 Å². The highest BCUT2D eigenvalue weighted by molar-refractivity contribution is 7.90. The van der Waals surface area contributed by atoms with Crippen molar-refractivity contribution in [3.8, 4) is 5.75 Å². The Morgan fingerprint density at radius 2 is 2.03 bits per heavy atom. The van der Waals surface area contributed by atoms with Crippen LogP contribution in [0.5, 0.6) is 5.75 Å². The number of halogens is 3. The summed E-state index contributed by atoms with van der Waals surface area (Å²) in [6.07, 6.45) is -2.70. The van der Waals surface area contributed by atoms with Gasteiger partial charge in [-0.2, -0.15) is 18.2 Å². The van der Waals surface area contributed by atoms with Gasteiger partial charge in [0, 0.05) is 25.4 Å². The molecule has 0 spiro atoms. The van der Waals surface area contributed by atoms with Gasteiger partial charge in [0.2, 0.25) is 5.89 Å². The van der Waals surface area contributed by atoms with E-state index in [0.29, 0.717) is 0 Å². The van der Waals surface area contributed by atoms with Crippen LogP contribution >= 0.6 is 0 Å². The molecule has 2 rings (SSSR count). The number of amides is 1. The lowest BCUT2D eigenvalue weighted by Gasteiger charge is -2.26. The predicted molar refractivity (Wildman–Crippen MR) is 94.7 cm³/mol. The molecule has 14 heteroatoms. The summed E-state index contributed by atoms with van der Waals surface area (Å²) in [7, 11) is 1.91. The topological polar surface area (TPSA) is 124 Å². The molecule has 1 atom stereocenters. The fraction of sp³-hybridized carbons (Fsp3) is 0.467. The number of hydrogen-bond donors (Lipinski definition) is 1. The van der Waals surface area contributed by atoms with Crippen LogP contribution in [0.15, 0.2) is 16.8 Å². The molecule has 9 nitrogen and oxygen atoms in total. The van der Waals surface area contributed by atoms with E-state index in [4.69, 9.17) is 12.4 Å². The fourth-order valence-electron chi connectivity index (χ4n) is 2.38. The van der Waals surface area contributed by atoms with Crippen LogP contribution in [0.2, 0.25) is 0 Å². The molecule has 1 amide bonds. The number of ether oxygens (including phenoxy) is 1. The molecule has 1 unspecified atom stereocenters. The minimum Gasteiger partial charge on any atom is -0.485 e. The maximum Gasteiger partial charge on any atom is 0.422 e. The van der Waals surface area contributed by atoms with Crippen LogP contribution in [0.1, 0.15) is 29.1 Å². The minimum absolute atomic E-state index is 0.0993. The highest BCUT2D eigenvalue weighted by Crippen LogP contribution is 2.22. The predicted octanol–water partition coefficient (Wildman–Crippen LogP) is 0.198. The quantitative estimate of drug-likeness (QED) is 0.616. The van der Waals surface area contributed by atoms with Crippen LogP contribution in [0.4, 0.5) is 13.2 Å². The van der Waals surface area contributed by atoms with E-state index in [9.17, 15) is 26.4 Å². The second kappa shape index (κ2) is 8.01. The van der Waals surface area contributed by atoms with Crippen LogP contribution < -0.4 is 15.5 Å². The molecule has 0 aliphatic rings. The summed E-state index contributed by atoms with van der Waals surface area (Å²) in [6, 6.07) is 0.915. The first-order valence-corrected chi connectivity index (χ1v) is 10.0. The summed E-state index contributed by atoms with van der Waals surface area (Å²) >= 11 is 0. The van der Waals surface area contributed by atoms with Crippen LogP contribution in [0, 0.1) is 6.92 Å². The van der Waals surface area contributed by atoms with Gasteiger partial charge in [0.1, 0.15) is 34.7 Å². The molecule has 0 saturated carbocycles. The second-order valence-electron chi connectivity index (χ2n) is 6.50. The first-order valence-electron chi connectivity index (χ1n) is 7.95. The molecule has 2 aromatic heterocycles. The van der Waals surface area contributed by atoms with E-state index in [1.54, 1.807) is 0 Å². The van der Waals surface area contributed by atoms with E-state index in [1.165, 1.54) is 13.8 Å². The van der Waals surface area contributed by atoms with Gasteiger partial charge in [0.15, 0.2) is 12.4 Å². The molecule has 29 heavy (non-hydrogen) atoms. The summed E-state index contributed by atoms with van der Waals surface area (Å²) in [5.41, 5.74) is -2.16. The number of alkyl halides is 3. The van der Waals surface area contributed by atoms with Crippen molar-refractivity contribution in [3.63, 3.8) is 0 Å². The number of nitrogens with zero attached hydrogens (tertiary/aromatic N) is 3. The van der Waals surface area contributed by atoms with Crippen molar-refractivity contribution in [3.05, 3.63) is 29.7 Å². The third kappa shape index (κ3) is 6.44. The van der Waals surface area contributed by atoms with Gasteiger partial charge in [-0.05, 0) is 12.4 Å². The van der Waals surface area contributed by atoms with Gasteiger partial charge in [-0.1, -0.05) is 5.16 Å². The first kappa shape index (κ1) is 22.7. The Kier molecular flexibility index (Phi) is 6.25. The van der Waals surface area contributed by atoms with Crippen molar-refractivity contribution in [2.75, 3.05) is 18.6 Å². The van der Waals surface area contributed by atoms with E-state index in [1.807, 2.05) is 0 Å². The monoisotopic (exact) mass is 432 g/mol. The molecule has 1 N–H and O–H groups in total. The molecule has 0 saturated heterocycles. The van der Waals surface area contributed by atoms with E-state index in [2.05, 4.69) is 25.2 Å². The van der Waals surface area contributed by atoms with Gasteiger partial charge in [0.25, 0.3) is 5.91 Å². The van der Waals surface area contributed by atoms with Crippen molar-refractivity contribution in [1.82, 2.24) is 20.4 Å². The summed E-state index contributed by atoms with van der Waals surface area (Å²) in [5.74, 6) is -1.84. The SMILES string of the molecule is [B]c1cnc(C(=O)NC(C)(CS(C)(=O)=O)c2noc(C)n2)cc1OCC(F)(F)F. The molecule has 156 valence electrons. The maximum atomic E-state index is 12.6. The van der Waals surface area contributed by atoms with Gasteiger partial charge in [0.05, 0.1) is 5.75 Å². The molecule has 2 aromatic rings. The molecule has 0 aromatic carbocycles. The molecule has 0 aliphatic carbocycles. The number of rotatable bonds is 7. The lowest BCUT2D eigenvalue weighted by molar-refractivity contribution is -0.153. The minimum atomic E-state index is -4.61. The van der Waals surface area contributed by atoms with Crippen LogP contribution in [-0.4, -0.2) is 62.1 Å². The van der Waals surface area contributed by atoms with Crippen LogP contribution in [0.25, 0.3) is 0 Å². The van der Waals surface area contributed by atoms with Crippen molar-refractivity contribution in [2.24, 2.45) is 0 Å². The number of hydrogen-bond acceptors (Lipinski definition) is 8. The Hall–Kier alpha value is -2.64. The molecular formula is C15H16BF3N4O5S. The normalized spacial score (nSPS) is 14.3. The van der Waals surface area contributed by atoms with Crippen LogP contribution in [0.3, 0.4) is 0 Å². The van der Waals surface area contributed by atoms with Gasteiger partial charge in [-0.3, -0.25) is 9.78 Å². The highest BCUT2D eigenvalue weighted by Gasteiger charge is 2.38. The fourth-order valence-corrected chi connectivity index (χ4v) is 3.63. The average Bonchev–Trinajstić information content (AvgIpc) is 2.98. The lowest BCUT2D eigenvalue weighted by Crippen LogP contribution is -2.49. The maximum absolute atomic E-state index is 12.6. The Balaban J connectivity index is 2.32. The van der Waals surface area contributed by atoms with Gasteiger partial charge in [-0.15, -0.1) is 0 Å². The van der Waals surface area contributed by atoms with Crippen molar-refractivity contribution >= 4 is 29.1 Å². The summed E-state index contributed by atoms with van der Waals surface area (Å²) in [5, 5.41) is 6.08. The second-order valence-corrected chi connectivity index (χ2v) is 8.64. The summed E-state index contributed by atoms with van der Waals surface area (Å²) in [6.45, 7) is 1.22. The van der Waals surface area contributed by atoms with E-state index in [-0.39, 0.29) is 22.9 Å². The number of carbonyl (C=O) groups is 1. The number of aromatic nitrogens is 3. The number of aryl methyl sites for hydroxylation is 1. The Bertz CT molecular complexity index is 1010. The Morgan fingerprint density at radius 1 is 1.38 bits per heavy atom. The molecular weight excluding hydrogens is 416 g/mol. The lowest BCUT2D eigenvalue weighted by atomic mass is 9.97. The van der Waals surface area contributed by atoms with Crippen molar-refractivity contribution in [2.45, 2.75) is 25.6 Å². The van der Waals surface area contributed by atoms with E-state index >= 15 is 0 Å². The van der Waals surface area contributed by atoms with Gasteiger partial charge in [-0.25, -0.2) is 8.42 Å². The zero-order chi connectivity index (χ0) is 22.0. The molecule has 0 fully saturated rings. The molecule has 2 heterocycles. The van der Waals surface area contributed by atoms with Gasteiger partial charge < -0.3 is 14.6 Å². The zero-order valence-corrected chi connectivity index (χ0v) is 16.4. The number of sulfone groups is 1. The Labute approximate surface area is 165 Å². The van der Waals surface area contributed by atoms with Crippen molar-refractivity contribution < 1.29 is 35.6 Å². The third-order valence-corrected chi connectivity index (χ3v) is 4.58. The molecule has 2 radical (unpaired) electrons. The molecule has 0 aliphatic heterocycles. The highest BCUT2D eigenvalue weighted by atomic mass is 32.2.